The van der Waals surface area contributed by atoms with Crippen LogP contribution in [0.25, 0.3) is 0 Å². The number of anilines is 1. The summed E-state index contributed by atoms with van der Waals surface area (Å²) in [6.45, 7) is 6.33. The number of benzene rings is 1. The van der Waals surface area contributed by atoms with E-state index in [-0.39, 0.29) is 0 Å². The summed E-state index contributed by atoms with van der Waals surface area (Å²) < 4.78 is 0. The van der Waals surface area contributed by atoms with E-state index in [9.17, 15) is 0 Å². The minimum atomic E-state index is 0.619. The summed E-state index contributed by atoms with van der Waals surface area (Å²) in [4.78, 5) is 4.91. The van der Waals surface area contributed by atoms with E-state index >= 15 is 0 Å². The minimum Gasteiger partial charge on any atom is -0.369 e. The Morgan fingerprint density at radius 2 is 1.70 bits per heavy atom. The fraction of sp³-hybridized carbons (Fsp3) is 0.600. The lowest BCUT2D eigenvalue weighted by molar-refractivity contribution is 0.252. The molecule has 112 valence electrons. The molecule has 0 spiro atoms. The molecule has 1 saturated heterocycles. The zero-order valence-electron chi connectivity index (χ0n) is 11.8. The van der Waals surface area contributed by atoms with Crippen LogP contribution in [-0.4, -0.2) is 44.2 Å². The third-order valence-electron chi connectivity index (χ3n) is 3.82. The van der Waals surface area contributed by atoms with Gasteiger partial charge >= 0.3 is 0 Å². The molecular weight excluding hydrogens is 293 g/mol. The number of rotatable bonds is 6. The summed E-state index contributed by atoms with van der Waals surface area (Å²) in [5.74, 6) is 0. The van der Waals surface area contributed by atoms with Gasteiger partial charge in [0.05, 0.1) is 10.0 Å². The van der Waals surface area contributed by atoms with Crippen molar-refractivity contribution < 1.29 is 0 Å². The van der Waals surface area contributed by atoms with Gasteiger partial charge in [-0.1, -0.05) is 29.6 Å². The largest absolute Gasteiger partial charge is 0.369 e. The second-order valence-electron chi connectivity index (χ2n) is 5.28. The Morgan fingerprint density at radius 1 is 0.950 bits per heavy atom. The lowest BCUT2D eigenvalue weighted by Crippen LogP contribution is -2.46. The van der Waals surface area contributed by atoms with E-state index in [1.165, 1.54) is 25.1 Å². The Hall–Kier alpha value is -0.480. The average Bonchev–Trinajstić information content (AvgIpc) is 2.47. The van der Waals surface area contributed by atoms with E-state index in [1.807, 2.05) is 18.2 Å². The summed E-state index contributed by atoms with van der Waals surface area (Å²) >= 11 is 12.0. The van der Waals surface area contributed by atoms with Crippen LogP contribution >= 0.6 is 23.2 Å². The van der Waals surface area contributed by atoms with Gasteiger partial charge in [-0.3, -0.25) is 4.90 Å². The van der Waals surface area contributed by atoms with E-state index < -0.39 is 0 Å². The molecule has 1 heterocycles. The highest BCUT2D eigenvalue weighted by molar-refractivity contribution is 6.42. The number of piperazine rings is 1. The fourth-order valence-electron chi connectivity index (χ4n) is 2.57. The van der Waals surface area contributed by atoms with Gasteiger partial charge in [0, 0.05) is 31.9 Å². The summed E-state index contributed by atoms with van der Waals surface area (Å²) in [6.07, 6.45) is 3.64. The van der Waals surface area contributed by atoms with E-state index in [2.05, 4.69) is 9.80 Å². The number of hydrogen-bond donors (Lipinski definition) is 1. The number of halogens is 2. The SMILES string of the molecule is NCCCCCN1CCN(c2ccc(Cl)c(Cl)c2)CC1. The second kappa shape index (κ2) is 8.08. The van der Waals surface area contributed by atoms with Crippen LogP contribution in [0.2, 0.25) is 10.0 Å². The summed E-state index contributed by atoms with van der Waals surface area (Å²) in [5, 5.41) is 1.25. The van der Waals surface area contributed by atoms with Crippen LogP contribution in [0.3, 0.4) is 0 Å². The van der Waals surface area contributed by atoms with Gasteiger partial charge in [-0.15, -0.1) is 0 Å². The molecule has 0 saturated carbocycles. The minimum absolute atomic E-state index is 0.619. The molecule has 0 aliphatic carbocycles. The molecular formula is C15H23Cl2N3. The number of nitrogens with zero attached hydrogens (tertiary/aromatic N) is 2. The first-order valence-corrected chi connectivity index (χ1v) is 8.08. The molecule has 2 N–H and O–H groups in total. The van der Waals surface area contributed by atoms with Crippen LogP contribution < -0.4 is 10.6 Å². The number of hydrogen-bond acceptors (Lipinski definition) is 3. The van der Waals surface area contributed by atoms with E-state index in [1.54, 1.807) is 0 Å². The summed E-state index contributed by atoms with van der Waals surface area (Å²) in [6, 6.07) is 5.88. The van der Waals surface area contributed by atoms with Gasteiger partial charge in [-0.05, 0) is 44.1 Å². The van der Waals surface area contributed by atoms with Gasteiger partial charge in [-0.25, -0.2) is 0 Å². The maximum Gasteiger partial charge on any atom is 0.0612 e. The van der Waals surface area contributed by atoms with Crippen molar-refractivity contribution in [3.8, 4) is 0 Å². The molecule has 20 heavy (non-hydrogen) atoms. The molecule has 0 unspecified atom stereocenters. The van der Waals surface area contributed by atoms with Crippen molar-refractivity contribution in [1.29, 1.82) is 0 Å². The predicted molar refractivity (Wildman–Crippen MR) is 88.0 cm³/mol. The fourth-order valence-corrected chi connectivity index (χ4v) is 2.86. The van der Waals surface area contributed by atoms with Gasteiger partial charge in [0.15, 0.2) is 0 Å². The zero-order chi connectivity index (χ0) is 14.4. The smallest absolute Gasteiger partial charge is 0.0612 e. The Balaban J connectivity index is 1.77. The number of nitrogens with two attached hydrogens (primary N) is 1. The molecule has 1 fully saturated rings. The molecule has 1 aliphatic rings. The molecule has 3 nitrogen and oxygen atoms in total. The lowest BCUT2D eigenvalue weighted by atomic mass is 10.2. The van der Waals surface area contributed by atoms with Crippen molar-refractivity contribution in [3.63, 3.8) is 0 Å². The molecule has 2 rings (SSSR count). The average molecular weight is 316 g/mol. The van der Waals surface area contributed by atoms with Crippen molar-refractivity contribution in [2.24, 2.45) is 5.73 Å². The number of unbranched alkanes of at least 4 members (excludes halogenated alkanes) is 2. The zero-order valence-corrected chi connectivity index (χ0v) is 13.3. The molecule has 1 aliphatic heterocycles. The van der Waals surface area contributed by atoms with Gasteiger partial charge in [0.2, 0.25) is 0 Å². The van der Waals surface area contributed by atoms with Crippen molar-refractivity contribution in [2.45, 2.75) is 19.3 Å². The van der Waals surface area contributed by atoms with Crippen molar-refractivity contribution in [1.82, 2.24) is 4.90 Å². The van der Waals surface area contributed by atoms with Crippen LogP contribution in [0.1, 0.15) is 19.3 Å². The van der Waals surface area contributed by atoms with Gasteiger partial charge in [0.25, 0.3) is 0 Å². The highest BCUT2D eigenvalue weighted by Crippen LogP contribution is 2.27. The monoisotopic (exact) mass is 315 g/mol. The van der Waals surface area contributed by atoms with E-state index in [0.717, 1.165) is 39.1 Å². The lowest BCUT2D eigenvalue weighted by Gasteiger charge is -2.36. The standard InChI is InChI=1S/C15H23Cl2N3/c16-14-5-4-13(12-15(14)17)20-10-8-19(9-11-20)7-3-1-2-6-18/h4-5,12H,1-3,6-11,18H2. The highest BCUT2D eigenvalue weighted by atomic mass is 35.5. The van der Waals surface area contributed by atoms with Gasteiger partial charge in [-0.2, -0.15) is 0 Å². The molecule has 5 heteroatoms. The Labute approximate surface area is 131 Å². The molecule has 0 radical (unpaired) electrons. The van der Waals surface area contributed by atoms with Crippen molar-refractivity contribution in [2.75, 3.05) is 44.2 Å². The van der Waals surface area contributed by atoms with Crippen molar-refractivity contribution >= 4 is 28.9 Å². The van der Waals surface area contributed by atoms with Crippen LogP contribution in [0, 0.1) is 0 Å². The Bertz CT molecular complexity index is 418. The first-order valence-electron chi connectivity index (χ1n) is 7.33. The van der Waals surface area contributed by atoms with Crippen LogP contribution in [-0.2, 0) is 0 Å². The third kappa shape index (κ3) is 4.52. The van der Waals surface area contributed by atoms with E-state index in [4.69, 9.17) is 28.9 Å². The quantitative estimate of drug-likeness (QED) is 0.818. The van der Waals surface area contributed by atoms with Crippen LogP contribution in [0.15, 0.2) is 18.2 Å². The summed E-state index contributed by atoms with van der Waals surface area (Å²) in [5.41, 5.74) is 6.68. The van der Waals surface area contributed by atoms with Gasteiger partial charge < -0.3 is 10.6 Å². The molecule has 1 aromatic rings. The first-order chi connectivity index (χ1) is 9.70. The van der Waals surface area contributed by atoms with Gasteiger partial charge in [0.1, 0.15) is 0 Å². The van der Waals surface area contributed by atoms with Crippen LogP contribution in [0.5, 0.6) is 0 Å². The molecule has 0 bridgehead atoms. The van der Waals surface area contributed by atoms with Crippen LogP contribution in [0.4, 0.5) is 5.69 Å². The topological polar surface area (TPSA) is 32.5 Å². The molecule has 0 amide bonds. The normalized spacial score (nSPS) is 16.6. The predicted octanol–water partition coefficient (Wildman–Crippen LogP) is 3.24. The first kappa shape index (κ1) is 15.9. The molecule has 0 aromatic heterocycles. The molecule has 1 aromatic carbocycles. The third-order valence-corrected chi connectivity index (χ3v) is 4.56. The molecule has 0 atom stereocenters. The summed E-state index contributed by atoms with van der Waals surface area (Å²) in [7, 11) is 0. The Kier molecular flexibility index (Phi) is 6.43. The van der Waals surface area contributed by atoms with Crippen molar-refractivity contribution in [3.05, 3.63) is 28.2 Å². The second-order valence-corrected chi connectivity index (χ2v) is 6.09. The highest BCUT2D eigenvalue weighted by Gasteiger charge is 2.17. The Morgan fingerprint density at radius 3 is 2.35 bits per heavy atom. The van der Waals surface area contributed by atoms with E-state index in [0.29, 0.717) is 10.0 Å². The maximum absolute atomic E-state index is 6.08. The maximum atomic E-state index is 6.08.